The number of halogens is 1. The molecule has 7 heteroatoms. The number of nitrogens with one attached hydrogen (secondary N) is 1. The van der Waals surface area contributed by atoms with E-state index in [1.165, 1.54) is 13.2 Å². The Bertz CT molecular complexity index is 1310. The van der Waals surface area contributed by atoms with Crippen molar-refractivity contribution >= 4 is 5.97 Å². The maximum absolute atomic E-state index is 15.0. The molecule has 0 atom stereocenters. The van der Waals surface area contributed by atoms with Gasteiger partial charge >= 0.3 is 5.97 Å². The molecule has 184 valence electrons. The lowest BCUT2D eigenvalue weighted by molar-refractivity contribution is -0.142. The van der Waals surface area contributed by atoms with E-state index in [9.17, 15) is 4.79 Å². The minimum absolute atomic E-state index is 0.0862. The summed E-state index contributed by atoms with van der Waals surface area (Å²) in [5.74, 6) is 0.890. The van der Waals surface area contributed by atoms with Crippen molar-refractivity contribution < 1.29 is 18.7 Å². The van der Waals surface area contributed by atoms with E-state index >= 15 is 4.39 Å². The van der Waals surface area contributed by atoms with E-state index < -0.39 is 0 Å². The SMILES string of the molecule is COC(=O)CC1CCC(Oc2ccc(-c3ccc(-c4ncc(-c5ccccc5)[nH]4)c(F)c3)cn2)CC1. The van der Waals surface area contributed by atoms with E-state index in [1.807, 2.05) is 48.5 Å². The van der Waals surface area contributed by atoms with Gasteiger partial charge in [0.25, 0.3) is 0 Å². The van der Waals surface area contributed by atoms with E-state index in [2.05, 4.69) is 15.0 Å². The second-order valence-electron chi connectivity index (χ2n) is 9.13. The van der Waals surface area contributed by atoms with Gasteiger partial charge in [-0.1, -0.05) is 36.4 Å². The highest BCUT2D eigenvalue weighted by atomic mass is 19.1. The van der Waals surface area contributed by atoms with Crippen LogP contribution in [-0.4, -0.2) is 34.1 Å². The van der Waals surface area contributed by atoms with Crippen molar-refractivity contribution in [2.24, 2.45) is 5.92 Å². The minimum atomic E-state index is -0.356. The Morgan fingerprint density at radius 2 is 1.72 bits per heavy atom. The van der Waals surface area contributed by atoms with Crippen LogP contribution in [0.2, 0.25) is 0 Å². The number of imidazole rings is 1. The molecule has 36 heavy (non-hydrogen) atoms. The lowest BCUT2D eigenvalue weighted by Gasteiger charge is -2.28. The number of hydrogen-bond acceptors (Lipinski definition) is 5. The van der Waals surface area contributed by atoms with Crippen LogP contribution in [0.4, 0.5) is 4.39 Å². The van der Waals surface area contributed by atoms with Crippen LogP contribution in [0.15, 0.2) is 73.1 Å². The second kappa shape index (κ2) is 10.7. The Morgan fingerprint density at radius 3 is 2.42 bits per heavy atom. The van der Waals surface area contributed by atoms with Crippen molar-refractivity contribution in [3.05, 3.63) is 78.9 Å². The van der Waals surface area contributed by atoms with Crippen molar-refractivity contribution in [2.45, 2.75) is 38.2 Å². The first-order valence-corrected chi connectivity index (χ1v) is 12.2. The van der Waals surface area contributed by atoms with E-state index in [-0.39, 0.29) is 17.9 Å². The first-order valence-electron chi connectivity index (χ1n) is 12.2. The third-order valence-electron chi connectivity index (χ3n) is 6.72. The van der Waals surface area contributed by atoms with Crippen LogP contribution in [0.3, 0.4) is 0 Å². The van der Waals surface area contributed by atoms with Crippen LogP contribution in [0.1, 0.15) is 32.1 Å². The topological polar surface area (TPSA) is 77.1 Å². The van der Waals surface area contributed by atoms with E-state index in [4.69, 9.17) is 9.47 Å². The molecule has 0 bridgehead atoms. The molecule has 1 saturated carbocycles. The summed E-state index contributed by atoms with van der Waals surface area (Å²) in [6, 6.07) is 18.6. The molecule has 0 spiro atoms. The molecule has 1 aliphatic rings. The summed E-state index contributed by atoms with van der Waals surface area (Å²) in [7, 11) is 1.43. The van der Waals surface area contributed by atoms with Gasteiger partial charge in [-0.15, -0.1) is 0 Å². The molecule has 1 N–H and O–H groups in total. The smallest absolute Gasteiger partial charge is 0.305 e. The Hall–Kier alpha value is -4.00. The third kappa shape index (κ3) is 5.46. The number of H-pyrrole nitrogens is 1. The van der Waals surface area contributed by atoms with Crippen LogP contribution < -0.4 is 4.74 Å². The normalized spacial score (nSPS) is 17.5. The maximum atomic E-state index is 15.0. The first-order chi connectivity index (χ1) is 17.6. The van der Waals surface area contributed by atoms with E-state index in [1.54, 1.807) is 18.5 Å². The van der Waals surface area contributed by atoms with Gasteiger partial charge in [0.1, 0.15) is 17.7 Å². The number of esters is 1. The highest BCUT2D eigenvalue weighted by Crippen LogP contribution is 2.31. The van der Waals surface area contributed by atoms with Crippen molar-refractivity contribution in [1.29, 1.82) is 0 Å². The van der Waals surface area contributed by atoms with Gasteiger partial charge in [-0.3, -0.25) is 4.79 Å². The number of carbonyl (C=O) groups excluding carboxylic acids is 1. The quantitative estimate of drug-likeness (QED) is 0.305. The van der Waals surface area contributed by atoms with Crippen LogP contribution in [0, 0.1) is 11.7 Å². The van der Waals surface area contributed by atoms with Gasteiger partial charge in [0.2, 0.25) is 5.88 Å². The standard InChI is InChI=1S/C29H28FN3O3/c1-35-28(34)15-19-7-11-23(12-8-19)36-27-14-10-22(17-31-27)21-9-13-24(25(30)16-21)29-32-18-26(33-29)20-5-3-2-4-6-20/h2-6,9-10,13-14,16-19,23H,7-8,11-12,15H2,1H3,(H,32,33). The van der Waals surface area contributed by atoms with Gasteiger partial charge in [-0.2, -0.15) is 0 Å². The van der Waals surface area contributed by atoms with Crippen molar-refractivity contribution in [1.82, 2.24) is 15.0 Å². The van der Waals surface area contributed by atoms with Gasteiger partial charge in [-0.25, -0.2) is 14.4 Å². The minimum Gasteiger partial charge on any atom is -0.474 e. The van der Waals surface area contributed by atoms with Crippen molar-refractivity contribution in [2.75, 3.05) is 7.11 Å². The number of aromatic amines is 1. The zero-order valence-corrected chi connectivity index (χ0v) is 20.1. The lowest BCUT2D eigenvalue weighted by atomic mass is 9.85. The molecule has 2 heterocycles. The summed E-state index contributed by atoms with van der Waals surface area (Å²) in [4.78, 5) is 23.5. The maximum Gasteiger partial charge on any atom is 0.305 e. The van der Waals surface area contributed by atoms with Gasteiger partial charge in [0.05, 0.1) is 24.6 Å². The van der Waals surface area contributed by atoms with Gasteiger partial charge in [-0.05, 0) is 60.9 Å². The van der Waals surface area contributed by atoms with Crippen molar-refractivity contribution in [3.8, 4) is 39.7 Å². The molecule has 0 aliphatic heterocycles. The average molecular weight is 486 g/mol. The number of pyridine rings is 1. The summed E-state index contributed by atoms with van der Waals surface area (Å²) in [6.45, 7) is 0. The highest BCUT2D eigenvalue weighted by Gasteiger charge is 2.24. The molecule has 0 saturated heterocycles. The monoisotopic (exact) mass is 485 g/mol. The number of hydrogen-bond donors (Lipinski definition) is 1. The van der Waals surface area contributed by atoms with E-state index in [0.717, 1.165) is 48.1 Å². The molecule has 2 aromatic heterocycles. The summed E-state index contributed by atoms with van der Waals surface area (Å²) in [5, 5.41) is 0. The second-order valence-corrected chi connectivity index (χ2v) is 9.13. The average Bonchev–Trinajstić information content (AvgIpc) is 3.41. The zero-order chi connectivity index (χ0) is 24.9. The fraction of sp³-hybridized carbons (Fsp3) is 0.276. The zero-order valence-electron chi connectivity index (χ0n) is 20.1. The predicted molar refractivity (Wildman–Crippen MR) is 136 cm³/mol. The number of ether oxygens (including phenoxy) is 2. The Balaban J connectivity index is 1.22. The third-order valence-corrected chi connectivity index (χ3v) is 6.72. The van der Waals surface area contributed by atoms with Crippen LogP contribution in [-0.2, 0) is 9.53 Å². The summed E-state index contributed by atoms with van der Waals surface area (Å²) in [5.41, 5.74) is 3.78. The number of aromatic nitrogens is 3. The molecule has 6 nitrogen and oxygen atoms in total. The molecule has 0 unspecified atom stereocenters. The van der Waals surface area contributed by atoms with Crippen LogP contribution in [0.5, 0.6) is 5.88 Å². The number of carbonyl (C=O) groups is 1. The summed E-state index contributed by atoms with van der Waals surface area (Å²) < 4.78 is 25.8. The number of methoxy groups -OCH3 is 1. The number of rotatable bonds is 7. The Morgan fingerprint density at radius 1 is 0.944 bits per heavy atom. The lowest BCUT2D eigenvalue weighted by Crippen LogP contribution is -2.25. The largest absolute Gasteiger partial charge is 0.474 e. The van der Waals surface area contributed by atoms with Crippen LogP contribution in [0.25, 0.3) is 33.8 Å². The van der Waals surface area contributed by atoms with E-state index in [0.29, 0.717) is 29.6 Å². The molecule has 1 fully saturated rings. The molecule has 4 aromatic rings. The number of nitrogens with zero attached hydrogens (tertiary/aromatic N) is 2. The molecule has 0 amide bonds. The molecular formula is C29H28FN3O3. The Kier molecular flexibility index (Phi) is 7.07. The van der Waals surface area contributed by atoms with Crippen LogP contribution >= 0.6 is 0 Å². The number of benzene rings is 2. The molecular weight excluding hydrogens is 457 g/mol. The molecule has 0 radical (unpaired) electrons. The van der Waals surface area contributed by atoms with Gasteiger partial charge in [0, 0.05) is 24.2 Å². The fourth-order valence-electron chi connectivity index (χ4n) is 4.67. The fourth-order valence-corrected chi connectivity index (χ4v) is 4.67. The summed E-state index contributed by atoms with van der Waals surface area (Å²) in [6.07, 6.45) is 7.62. The Labute approximate surface area is 209 Å². The molecule has 2 aromatic carbocycles. The van der Waals surface area contributed by atoms with Gasteiger partial charge < -0.3 is 14.5 Å². The van der Waals surface area contributed by atoms with Gasteiger partial charge in [0.15, 0.2) is 0 Å². The molecule has 5 rings (SSSR count). The summed E-state index contributed by atoms with van der Waals surface area (Å²) >= 11 is 0. The molecule has 1 aliphatic carbocycles. The first kappa shape index (κ1) is 23.7. The van der Waals surface area contributed by atoms with Crippen molar-refractivity contribution in [3.63, 3.8) is 0 Å². The highest BCUT2D eigenvalue weighted by molar-refractivity contribution is 5.70. The predicted octanol–water partition coefficient (Wildman–Crippen LogP) is 6.45.